The minimum Gasteiger partial charge on any atom is -0.339 e. The normalized spacial score (nSPS) is 21.9. The van der Waals surface area contributed by atoms with E-state index >= 15 is 0 Å². The van der Waals surface area contributed by atoms with Crippen molar-refractivity contribution in [2.45, 2.75) is 57.5 Å². The molecule has 0 saturated heterocycles. The monoisotopic (exact) mass is 210 g/mol. The standard InChI is InChI=1S/C12H22N2O/c1-2-14(11-7-8-11)12(15)9-13-10-5-3-4-6-10/h10-11,13H,2-9H2,1H3. The Hall–Kier alpha value is -0.570. The van der Waals surface area contributed by atoms with Crippen molar-refractivity contribution in [3.05, 3.63) is 0 Å². The van der Waals surface area contributed by atoms with Crippen LogP contribution in [0, 0.1) is 0 Å². The smallest absolute Gasteiger partial charge is 0.236 e. The fraction of sp³-hybridized carbons (Fsp3) is 0.917. The van der Waals surface area contributed by atoms with Crippen LogP contribution in [0.15, 0.2) is 0 Å². The van der Waals surface area contributed by atoms with E-state index in [4.69, 9.17) is 0 Å². The van der Waals surface area contributed by atoms with Gasteiger partial charge in [0.2, 0.25) is 5.91 Å². The van der Waals surface area contributed by atoms with Crippen LogP contribution in [-0.2, 0) is 4.79 Å². The van der Waals surface area contributed by atoms with Gasteiger partial charge in [0.1, 0.15) is 0 Å². The molecule has 2 rings (SSSR count). The third-order valence-electron chi connectivity index (χ3n) is 3.55. The highest BCUT2D eigenvalue weighted by Crippen LogP contribution is 2.26. The molecule has 2 aliphatic carbocycles. The van der Waals surface area contributed by atoms with Gasteiger partial charge in [-0.05, 0) is 32.6 Å². The van der Waals surface area contributed by atoms with Crippen molar-refractivity contribution >= 4 is 5.91 Å². The molecule has 86 valence electrons. The Balaban J connectivity index is 1.70. The summed E-state index contributed by atoms with van der Waals surface area (Å²) in [4.78, 5) is 13.9. The van der Waals surface area contributed by atoms with Gasteiger partial charge in [0.25, 0.3) is 0 Å². The van der Waals surface area contributed by atoms with E-state index in [0.717, 1.165) is 6.54 Å². The van der Waals surface area contributed by atoms with Gasteiger partial charge in [-0.2, -0.15) is 0 Å². The lowest BCUT2D eigenvalue weighted by Crippen LogP contribution is -2.42. The Morgan fingerprint density at radius 3 is 2.47 bits per heavy atom. The maximum absolute atomic E-state index is 11.9. The Morgan fingerprint density at radius 2 is 1.93 bits per heavy atom. The molecule has 0 aromatic heterocycles. The molecule has 0 radical (unpaired) electrons. The summed E-state index contributed by atoms with van der Waals surface area (Å²) in [7, 11) is 0. The zero-order chi connectivity index (χ0) is 10.7. The lowest BCUT2D eigenvalue weighted by atomic mass is 10.2. The molecule has 0 heterocycles. The molecule has 0 unspecified atom stereocenters. The number of carbonyl (C=O) groups excluding carboxylic acids is 1. The largest absolute Gasteiger partial charge is 0.339 e. The summed E-state index contributed by atoms with van der Waals surface area (Å²) in [6, 6.07) is 1.17. The number of hydrogen-bond donors (Lipinski definition) is 1. The highest BCUT2D eigenvalue weighted by molar-refractivity contribution is 5.78. The quantitative estimate of drug-likeness (QED) is 0.746. The number of rotatable bonds is 5. The Bertz CT molecular complexity index is 220. The second-order valence-electron chi connectivity index (χ2n) is 4.77. The van der Waals surface area contributed by atoms with Crippen LogP contribution in [0.4, 0.5) is 0 Å². The number of likely N-dealkylation sites (N-methyl/N-ethyl adjacent to an activating group) is 1. The van der Waals surface area contributed by atoms with Gasteiger partial charge in [0.15, 0.2) is 0 Å². The number of nitrogens with one attached hydrogen (secondary N) is 1. The second kappa shape index (κ2) is 4.97. The van der Waals surface area contributed by atoms with Crippen LogP contribution in [0.1, 0.15) is 45.4 Å². The summed E-state index contributed by atoms with van der Waals surface area (Å²) in [6.07, 6.45) is 7.58. The molecule has 1 N–H and O–H groups in total. The molecular weight excluding hydrogens is 188 g/mol. The zero-order valence-corrected chi connectivity index (χ0v) is 9.67. The van der Waals surface area contributed by atoms with E-state index < -0.39 is 0 Å². The summed E-state index contributed by atoms with van der Waals surface area (Å²) in [5, 5.41) is 3.39. The van der Waals surface area contributed by atoms with Crippen LogP contribution in [0.5, 0.6) is 0 Å². The van der Waals surface area contributed by atoms with Crippen molar-refractivity contribution in [3.63, 3.8) is 0 Å². The van der Waals surface area contributed by atoms with E-state index in [1.165, 1.54) is 38.5 Å². The maximum Gasteiger partial charge on any atom is 0.236 e. The van der Waals surface area contributed by atoms with Crippen LogP contribution >= 0.6 is 0 Å². The first kappa shape index (κ1) is 10.9. The molecule has 0 aromatic carbocycles. The van der Waals surface area contributed by atoms with Crippen LogP contribution in [0.25, 0.3) is 0 Å². The molecule has 2 saturated carbocycles. The van der Waals surface area contributed by atoms with Gasteiger partial charge >= 0.3 is 0 Å². The number of nitrogens with zero attached hydrogens (tertiary/aromatic N) is 1. The van der Waals surface area contributed by atoms with Crippen molar-refractivity contribution in [2.75, 3.05) is 13.1 Å². The Labute approximate surface area is 92.2 Å². The molecule has 2 aliphatic rings. The predicted molar refractivity (Wildman–Crippen MR) is 60.7 cm³/mol. The van der Waals surface area contributed by atoms with Crippen LogP contribution in [0.2, 0.25) is 0 Å². The number of hydrogen-bond acceptors (Lipinski definition) is 2. The second-order valence-corrected chi connectivity index (χ2v) is 4.77. The molecule has 15 heavy (non-hydrogen) atoms. The number of amides is 1. The van der Waals surface area contributed by atoms with Crippen molar-refractivity contribution < 1.29 is 4.79 Å². The topological polar surface area (TPSA) is 32.3 Å². The van der Waals surface area contributed by atoms with E-state index in [-0.39, 0.29) is 0 Å². The van der Waals surface area contributed by atoms with E-state index in [1.54, 1.807) is 0 Å². The van der Waals surface area contributed by atoms with Gasteiger partial charge < -0.3 is 10.2 Å². The SMILES string of the molecule is CCN(C(=O)CNC1CCCC1)C1CC1. The average molecular weight is 210 g/mol. The first-order valence-corrected chi connectivity index (χ1v) is 6.34. The van der Waals surface area contributed by atoms with Gasteiger partial charge in [-0.3, -0.25) is 4.79 Å². The highest BCUT2D eigenvalue weighted by Gasteiger charge is 2.31. The van der Waals surface area contributed by atoms with Gasteiger partial charge in [0.05, 0.1) is 6.54 Å². The van der Waals surface area contributed by atoms with E-state index in [2.05, 4.69) is 12.2 Å². The van der Waals surface area contributed by atoms with Crippen molar-refractivity contribution in [1.82, 2.24) is 10.2 Å². The van der Waals surface area contributed by atoms with Crippen LogP contribution in [-0.4, -0.2) is 36.0 Å². The fourth-order valence-corrected chi connectivity index (χ4v) is 2.49. The molecule has 1 amide bonds. The van der Waals surface area contributed by atoms with E-state index in [1.807, 2.05) is 4.90 Å². The molecule has 0 aromatic rings. The predicted octanol–water partition coefficient (Wildman–Crippen LogP) is 1.53. The van der Waals surface area contributed by atoms with Gasteiger partial charge in [-0.25, -0.2) is 0 Å². The van der Waals surface area contributed by atoms with Gasteiger partial charge in [0, 0.05) is 18.6 Å². The summed E-state index contributed by atoms with van der Waals surface area (Å²) in [6.45, 7) is 3.50. The molecule has 3 heteroatoms. The van der Waals surface area contributed by atoms with Crippen molar-refractivity contribution in [1.29, 1.82) is 0 Å². The van der Waals surface area contributed by atoms with Crippen molar-refractivity contribution in [3.8, 4) is 0 Å². The molecular formula is C12H22N2O. The van der Waals surface area contributed by atoms with Gasteiger partial charge in [-0.1, -0.05) is 12.8 Å². The Kier molecular flexibility index (Phi) is 3.62. The maximum atomic E-state index is 11.9. The van der Waals surface area contributed by atoms with Crippen molar-refractivity contribution in [2.24, 2.45) is 0 Å². The zero-order valence-electron chi connectivity index (χ0n) is 9.67. The third-order valence-corrected chi connectivity index (χ3v) is 3.55. The average Bonchev–Trinajstić information content (AvgIpc) is 2.93. The molecule has 0 bridgehead atoms. The molecule has 3 nitrogen and oxygen atoms in total. The molecule has 0 atom stereocenters. The van der Waals surface area contributed by atoms with Gasteiger partial charge in [-0.15, -0.1) is 0 Å². The molecule has 0 spiro atoms. The summed E-state index contributed by atoms with van der Waals surface area (Å²) >= 11 is 0. The minimum absolute atomic E-state index is 0.298. The third kappa shape index (κ3) is 2.94. The summed E-state index contributed by atoms with van der Waals surface area (Å²) < 4.78 is 0. The highest BCUT2D eigenvalue weighted by atomic mass is 16.2. The van der Waals surface area contributed by atoms with E-state index in [0.29, 0.717) is 24.5 Å². The molecule has 2 fully saturated rings. The lowest BCUT2D eigenvalue weighted by Gasteiger charge is -2.21. The Morgan fingerprint density at radius 1 is 1.27 bits per heavy atom. The molecule has 0 aliphatic heterocycles. The first-order chi connectivity index (χ1) is 7.31. The van der Waals surface area contributed by atoms with Crippen LogP contribution < -0.4 is 5.32 Å². The first-order valence-electron chi connectivity index (χ1n) is 6.34. The summed E-state index contributed by atoms with van der Waals surface area (Å²) in [5.41, 5.74) is 0. The minimum atomic E-state index is 0.298. The summed E-state index contributed by atoms with van der Waals surface area (Å²) in [5.74, 6) is 0.298. The van der Waals surface area contributed by atoms with E-state index in [9.17, 15) is 4.79 Å². The van der Waals surface area contributed by atoms with Crippen LogP contribution in [0.3, 0.4) is 0 Å². The number of carbonyl (C=O) groups is 1. The fourth-order valence-electron chi connectivity index (χ4n) is 2.49. The lowest BCUT2D eigenvalue weighted by molar-refractivity contribution is -0.130.